The average Bonchev–Trinajstić information content (AvgIpc) is 3.16. The number of carbonyl (C=O) groups excluding carboxylic acids is 4. The number of hydrogen-bond donors (Lipinski definition) is 1. The van der Waals surface area contributed by atoms with Crippen LogP contribution in [0.3, 0.4) is 0 Å². The summed E-state index contributed by atoms with van der Waals surface area (Å²) in [7, 11) is -2.13. The molecule has 0 bridgehead atoms. The van der Waals surface area contributed by atoms with E-state index in [1.54, 1.807) is 38.3 Å². The molecule has 276 valence electrons. The van der Waals surface area contributed by atoms with Gasteiger partial charge in [-0.25, -0.2) is 13.3 Å². The van der Waals surface area contributed by atoms with Crippen LogP contribution < -0.4 is 4.90 Å². The van der Waals surface area contributed by atoms with Gasteiger partial charge in [-0.2, -0.15) is 0 Å². The molecule has 12 nitrogen and oxygen atoms in total. The molecule has 13 heteroatoms. The van der Waals surface area contributed by atoms with Gasteiger partial charge in [0, 0.05) is 40.1 Å². The Morgan fingerprint density at radius 2 is 1.11 bits per heavy atom. The SMILES string of the molecule is COCCOCC(C)OCC(C)N1C(=O)c2ccc3c4ccc5c6c(ccc(c7ccc(c2c37)C1=O)c64)C(=O)N(c1ccc(S(=O)(=O)CCO)cc1)C5=O. The first kappa shape index (κ1) is 35.7. The van der Waals surface area contributed by atoms with Crippen molar-refractivity contribution in [1.82, 2.24) is 4.90 Å². The predicted molar refractivity (Wildman–Crippen MR) is 202 cm³/mol. The van der Waals surface area contributed by atoms with Crippen LogP contribution in [-0.2, 0) is 24.0 Å². The predicted octanol–water partition coefficient (Wildman–Crippen LogP) is 5.36. The summed E-state index contributed by atoms with van der Waals surface area (Å²) >= 11 is 0. The maximum atomic E-state index is 14.1. The molecule has 2 unspecified atom stereocenters. The number of hydrogen-bond acceptors (Lipinski definition) is 10. The average molecular weight is 749 g/mol. The Morgan fingerprint density at radius 3 is 1.57 bits per heavy atom. The minimum atomic E-state index is -3.73. The van der Waals surface area contributed by atoms with Crippen LogP contribution in [0.2, 0.25) is 0 Å². The number of anilines is 1. The van der Waals surface area contributed by atoms with E-state index in [1.165, 1.54) is 29.2 Å². The van der Waals surface area contributed by atoms with Gasteiger partial charge in [0.1, 0.15) is 0 Å². The minimum Gasteiger partial charge on any atom is -0.395 e. The van der Waals surface area contributed by atoms with Crippen molar-refractivity contribution in [2.24, 2.45) is 0 Å². The fraction of sp³-hybridized carbons (Fsp3) is 0.268. The van der Waals surface area contributed by atoms with Crippen LogP contribution in [0.1, 0.15) is 55.3 Å². The van der Waals surface area contributed by atoms with E-state index in [-0.39, 0.29) is 23.3 Å². The fourth-order valence-electron chi connectivity index (χ4n) is 7.78. The number of methoxy groups -OCH3 is 1. The molecule has 1 N–H and O–H groups in total. The topological polar surface area (TPSA) is 157 Å². The Balaban J connectivity index is 1.17. The first-order chi connectivity index (χ1) is 26.0. The highest BCUT2D eigenvalue weighted by Crippen LogP contribution is 2.46. The molecule has 2 atom stereocenters. The molecule has 2 heterocycles. The summed E-state index contributed by atoms with van der Waals surface area (Å²) in [6.07, 6.45) is -0.258. The van der Waals surface area contributed by atoms with Crippen LogP contribution in [0, 0.1) is 0 Å². The molecule has 0 fully saturated rings. The molecule has 8 rings (SSSR count). The normalized spacial score (nSPS) is 15.8. The lowest BCUT2D eigenvalue weighted by molar-refractivity contribution is -0.0312. The highest BCUT2D eigenvalue weighted by Gasteiger charge is 2.39. The molecule has 54 heavy (non-hydrogen) atoms. The molecule has 0 radical (unpaired) electrons. The van der Waals surface area contributed by atoms with E-state index in [0.717, 1.165) is 31.8 Å². The summed E-state index contributed by atoms with van der Waals surface area (Å²) in [5, 5.41) is 14.8. The van der Waals surface area contributed by atoms with E-state index in [0.29, 0.717) is 58.2 Å². The second-order valence-electron chi connectivity index (χ2n) is 13.7. The minimum absolute atomic E-state index is 0.0280. The van der Waals surface area contributed by atoms with Crippen LogP contribution in [0.5, 0.6) is 0 Å². The Hall–Kier alpha value is -5.31. The molecule has 0 spiro atoms. The van der Waals surface area contributed by atoms with Crippen LogP contribution in [0.4, 0.5) is 5.69 Å². The van der Waals surface area contributed by atoms with E-state index in [4.69, 9.17) is 19.3 Å². The Morgan fingerprint density at radius 1 is 0.630 bits per heavy atom. The van der Waals surface area contributed by atoms with Crippen molar-refractivity contribution in [3.63, 3.8) is 0 Å². The van der Waals surface area contributed by atoms with Gasteiger partial charge in [-0.05, 0) is 94.7 Å². The van der Waals surface area contributed by atoms with Crippen molar-refractivity contribution in [2.45, 2.75) is 30.9 Å². The summed E-state index contributed by atoms with van der Waals surface area (Å²) < 4.78 is 41.4. The monoisotopic (exact) mass is 748 g/mol. The molecule has 0 saturated carbocycles. The van der Waals surface area contributed by atoms with Gasteiger partial charge in [-0.15, -0.1) is 0 Å². The molecule has 2 aliphatic rings. The lowest BCUT2D eigenvalue weighted by Gasteiger charge is -2.33. The van der Waals surface area contributed by atoms with Gasteiger partial charge >= 0.3 is 0 Å². The van der Waals surface area contributed by atoms with Gasteiger partial charge in [-0.3, -0.25) is 24.1 Å². The van der Waals surface area contributed by atoms with E-state index in [9.17, 15) is 27.6 Å². The molecule has 4 amide bonds. The molecule has 0 saturated heterocycles. The molecular weight excluding hydrogens is 713 g/mol. The smallest absolute Gasteiger partial charge is 0.265 e. The Labute approximate surface area is 310 Å². The molecule has 6 aromatic rings. The maximum absolute atomic E-state index is 14.1. The quantitative estimate of drug-likeness (QED) is 0.0707. The highest BCUT2D eigenvalue weighted by atomic mass is 32.2. The maximum Gasteiger partial charge on any atom is 0.265 e. The zero-order chi connectivity index (χ0) is 38.1. The fourth-order valence-corrected chi connectivity index (χ4v) is 8.81. The highest BCUT2D eigenvalue weighted by molar-refractivity contribution is 7.91. The lowest BCUT2D eigenvalue weighted by atomic mass is 9.82. The lowest BCUT2D eigenvalue weighted by Crippen LogP contribution is -2.48. The number of benzene rings is 6. The zero-order valence-electron chi connectivity index (χ0n) is 29.7. The number of carbonyl (C=O) groups is 4. The van der Waals surface area contributed by atoms with E-state index in [2.05, 4.69) is 0 Å². The second-order valence-corrected chi connectivity index (χ2v) is 15.8. The molecule has 0 aromatic heterocycles. The Kier molecular flexibility index (Phi) is 8.94. The van der Waals surface area contributed by atoms with Crippen LogP contribution in [-0.4, -0.2) is 100 Å². The molecule has 6 aromatic carbocycles. The number of imide groups is 2. The van der Waals surface area contributed by atoms with E-state index in [1.807, 2.05) is 31.2 Å². The van der Waals surface area contributed by atoms with Crippen molar-refractivity contribution in [3.05, 3.63) is 95.1 Å². The number of fused-ring (bicyclic) bond motifs is 2. The molecular formula is C41H36N2O10S. The van der Waals surface area contributed by atoms with Gasteiger partial charge < -0.3 is 19.3 Å². The van der Waals surface area contributed by atoms with E-state index >= 15 is 0 Å². The van der Waals surface area contributed by atoms with Gasteiger partial charge in [0.05, 0.1) is 61.5 Å². The summed E-state index contributed by atoms with van der Waals surface area (Å²) in [5.41, 5.74) is 1.63. The number of ether oxygens (including phenoxy) is 3. The number of rotatable bonds is 13. The van der Waals surface area contributed by atoms with Crippen molar-refractivity contribution < 1.29 is 46.9 Å². The van der Waals surface area contributed by atoms with Crippen LogP contribution in [0.15, 0.2) is 77.7 Å². The summed E-state index contributed by atoms with van der Waals surface area (Å²) in [6.45, 7) is 4.49. The number of aliphatic hydroxyl groups is 1. The standard InChI is InChI=1S/C41H36N2O10S/c1-22(20-53-23(2)21-52-18-17-51-3)42-38(45)30-12-8-26-28-10-14-32-37-33(15-11-29(35(28)37)27-9-13-31(39(42)46)36(30)34(26)27)41(48)43(40(32)47)24-4-6-25(7-5-24)54(49,50)19-16-44/h4-15,22-23,44H,16-21H2,1-3H3. The zero-order valence-corrected chi connectivity index (χ0v) is 30.6. The van der Waals surface area contributed by atoms with Gasteiger partial charge in [0.25, 0.3) is 23.6 Å². The van der Waals surface area contributed by atoms with Crippen molar-refractivity contribution in [1.29, 1.82) is 0 Å². The number of amides is 4. The van der Waals surface area contributed by atoms with Gasteiger partial charge in [-0.1, -0.05) is 24.3 Å². The summed E-state index contributed by atoms with van der Waals surface area (Å²) in [4.78, 5) is 58.5. The summed E-state index contributed by atoms with van der Waals surface area (Å²) in [5.74, 6) is -2.38. The van der Waals surface area contributed by atoms with Crippen molar-refractivity contribution >= 4 is 82.2 Å². The third kappa shape index (κ3) is 5.45. The first-order valence-corrected chi connectivity index (χ1v) is 19.2. The second kappa shape index (κ2) is 13.5. The van der Waals surface area contributed by atoms with Gasteiger partial charge in [0.2, 0.25) is 0 Å². The third-order valence-corrected chi connectivity index (χ3v) is 12.0. The number of nitrogens with zero attached hydrogens (tertiary/aromatic N) is 2. The first-order valence-electron chi connectivity index (χ1n) is 17.6. The largest absolute Gasteiger partial charge is 0.395 e. The van der Waals surface area contributed by atoms with Crippen LogP contribution in [0.25, 0.3) is 43.1 Å². The molecule has 2 aliphatic heterocycles. The Bertz CT molecular complexity index is 2540. The number of aliphatic hydroxyl groups excluding tert-OH is 1. The third-order valence-electron chi connectivity index (χ3n) is 10.3. The van der Waals surface area contributed by atoms with Crippen molar-refractivity contribution in [3.8, 4) is 0 Å². The summed E-state index contributed by atoms with van der Waals surface area (Å²) in [6, 6.07) is 19.1. The number of sulfone groups is 1. The van der Waals surface area contributed by atoms with E-state index < -0.39 is 51.9 Å². The van der Waals surface area contributed by atoms with Crippen molar-refractivity contribution in [2.75, 3.05) is 50.8 Å². The van der Waals surface area contributed by atoms with Crippen LogP contribution >= 0.6 is 0 Å². The molecule has 0 aliphatic carbocycles. The van der Waals surface area contributed by atoms with Gasteiger partial charge in [0.15, 0.2) is 9.84 Å².